The zero-order valence-corrected chi connectivity index (χ0v) is 13.3. The third-order valence-electron chi connectivity index (χ3n) is 4.67. The predicted molar refractivity (Wildman–Crippen MR) is 86.3 cm³/mol. The first-order valence-electron chi connectivity index (χ1n) is 7.98. The third kappa shape index (κ3) is 2.54. The summed E-state index contributed by atoms with van der Waals surface area (Å²) < 4.78 is 0. The van der Waals surface area contributed by atoms with Crippen LogP contribution >= 0.6 is 11.3 Å². The van der Waals surface area contributed by atoms with Crippen LogP contribution < -0.4 is 0 Å². The smallest absolute Gasteiger partial charge is 0.263 e. The number of hydrogen-bond donors (Lipinski definition) is 0. The van der Waals surface area contributed by atoms with Crippen LogP contribution in [0.4, 0.5) is 0 Å². The van der Waals surface area contributed by atoms with Crippen LogP contribution in [-0.4, -0.2) is 33.9 Å². The Morgan fingerprint density at radius 1 is 1.27 bits per heavy atom. The van der Waals surface area contributed by atoms with Crippen LogP contribution in [0, 0.1) is 0 Å². The molecule has 4 nitrogen and oxygen atoms in total. The first-order chi connectivity index (χ1) is 10.8. The summed E-state index contributed by atoms with van der Waals surface area (Å²) in [6.07, 6.45) is 10.9. The summed E-state index contributed by atoms with van der Waals surface area (Å²) in [4.78, 5) is 25.7. The Hall–Kier alpha value is -1.75. The molecule has 0 saturated carbocycles. The molecule has 0 unspecified atom stereocenters. The lowest BCUT2D eigenvalue weighted by Gasteiger charge is -2.32. The van der Waals surface area contributed by atoms with Gasteiger partial charge in [0.1, 0.15) is 0 Å². The molecular formula is C17H19N3OS. The van der Waals surface area contributed by atoms with Crippen molar-refractivity contribution in [2.24, 2.45) is 0 Å². The van der Waals surface area contributed by atoms with E-state index in [1.54, 1.807) is 23.7 Å². The van der Waals surface area contributed by atoms with Gasteiger partial charge in [0.2, 0.25) is 0 Å². The van der Waals surface area contributed by atoms with Crippen LogP contribution in [-0.2, 0) is 12.8 Å². The number of amides is 1. The second-order valence-electron chi connectivity index (χ2n) is 6.13. The van der Waals surface area contributed by atoms with Gasteiger partial charge in [-0.05, 0) is 43.7 Å². The van der Waals surface area contributed by atoms with E-state index in [0.717, 1.165) is 49.3 Å². The molecule has 22 heavy (non-hydrogen) atoms. The highest BCUT2D eigenvalue weighted by molar-refractivity contribution is 7.14. The van der Waals surface area contributed by atoms with E-state index in [2.05, 4.69) is 16.0 Å². The SMILES string of the molecule is O=C(c1cc2c(s1)CCC2)N1CCC[C@H](c2cnccn2)C1. The molecule has 1 atom stereocenters. The minimum Gasteiger partial charge on any atom is -0.337 e. The minimum atomic E-state index is 0.202. The molecule has 5 heteroatoms. The number of fused-ring (bicyclic) bond motifs is 1. The standard InChI is InChI=1S/C17H19N3OS/c21-17(16-9-12-3-1-5-15(12)22-16)20-8-2-4-13(11-20)14-10-18-6-7-19-14/h6-7,9-10,13H,1-5,8,11H2/t13-/m0/s1. The summed E-state index contributed by atoms with van der Waals surface area (Å²) in [5.74, 6) is 0.520. The Kier molecular flexibility index (Phi) is 3.66. The largest absolute Gasteiger partial charge is 0.337 e. The van der Waals surface area contributed by atoms with Gasteiger partial charge in [-0.1, -0.05) is 0 Å². The lowest BCUT2D eigenvalue weighted by Crippen LogP contribution is -2.39. The minimum absolute atomic E-state index is 0.202. The molecule has 1 saturated heterocycles. The number of aryl methyl sites for hydroxylation is 2. The van der Waals surface area contributed by atoms with E-state index in [0.29, 0.717) is 5.92 Å². The summed E-state index contributed by atoms with van der Waals surface area (Å²) in [5.41, 5.74) is 2.41. The van der Waals surface area contributed by atoms with Gasteiger partial charge in [-0.15, -0.1) is 11.3 Å². The molecule has 0 radical (unpaired) electrons. The topological polar surface area (TPSA) is 46.1 Å². The van der Waals surface area contributed by atoms with Crippen molar-refractivity contribution in [3.63, 3.8) is 0 Å². The summed E-state index contributed by atoms with van der Waals surface area (Å²) in [6.45, 7) is 1.62. The second-order valence-corrected chi connectivity index (χ2v) is 7.27. The summed E-state index contributed by atoms with van der Waals surface area (Å²) in [7, 11) is 0. The molecule has 2 aromatic heterocycles. The van der Waals surface area contributed by atoms with E-state index >= 15 is 0 Å². The molecule has 4 rings (SSSR count). The van der Waals surface area contributed by atoms with Crippen LogP contribution in [0.3, 0.4) is 0 Å². The number of hydrogen-bond acceptors (Lipinski definition) is 4. The van der Waals surface area contributed by atoms with Crippen LogP contribution in [0.2, 0.25) is 0 Å². The molecule has 0 aromatic carbocycles. The van der Waals surface area contributed by atoms with E-state index in [-0.39, 0.29) is 5.91 Å². The number of piperidine rings is 1. The summed E-state index contributed by atoms with van der Waals surface area (Å²) in [6, 6.07) is 2.13. The molecule has 3 heterocycles. The number of carbonyl (C=O) groups is 1. The summed E-state index contributed by atoms with van der Waals surface area (Å²) in [5, 5.41) is 0. The van der Waals surface area contributed by atoms with Crippen molar-refractivity contribution in [2.75, 3.05) is 13.1 Å². The molecule has 1 amide bonds. The maximum atomic E-state index is 12.8. The number of likely N-dealkylation sites (tertiary alicyclic amines) is 1. The Morgan fingerprint density at radius 3 is 3.05 bits per heavy atom. The monoisotopic (exact) mass is 313 g/mol. The maximum Gasteiger partial charge on any atom is 0.263 e. The lowest BCUT2D eigenvalue weighted by molar-refractivity contribution is 0.0710. The predicted octanol–water partition coefficient (Wildman–Crippen LogP) is 3.05. The van der Waals surface area contributed by atoms with Crippen molar-refractivity contribution in [1.82, 2.24) is 14.9 Å². The molecule has 2 aliphatic rings. The van der Waals surface area contributed by atoms with Crippen molar-refractivity contribution in [2.45, 2.75) is 38.0 Å². The van der Waals surface area contributed by atoms with Crippen molar-refractivity contribution in [1.29, 1.82) is 0 Å². The molecule has 0 bridgehead atoms. The van der Waals surface area contributed by atoms with E-state index in [1.165, 1.54) is 16.9 Å². The number of rotatable bonds is 2. The van der Waals surface area contributed by atoms with Crippen molar-refractivity contribution >= 4 is 17.2 Å². The lowest BCUT2D eigenvalue weighted by atomic mass is 9.95. The highest BCUT2D eigenvalue weighted by Gasteiger charge is 2.28. The average molecular weight is 313 g/mol. The van der Waals surface area contributed by atoms with Crippen molar-refractivity contribution < 1.29 is 4.79 Å². The van der Waals surface area contributed by atoms with Gasteiger partial charge in [-0.2, -0.15) is 0 Å². The molecule has 1 aliphatic carbocycles. The summed E-state index contributed by atoms with van der Waals surface area (Å²) >= 11 is 1.70. The van der Waals surface area contributed by atoms with Crippen LogP contribution in [0.1, 0.15) is 51.0 Å². The average Bonchev–Trinajstić information content (AvgIpc) is 3.17. The van der Waals surface area contributed by atoms with E-state index in [4.69, 9.17) is 0 Å². The Bertz CT molecular complexity index is 661. The highest BCUT2D eigenvalue weighted by Crippen LogP contribution is 2.32. The van der Waals surface area contributed by atoms with Gasteiger partial charge in [-0.25, -0.2) is 0 Å². The van der Waals surface area contributed by atoms with E-state index < -0.39 is 0 Å². The first-order valence-corrected chi connectivity index (χ1v) is 8.79. The van der Waals surface area contributed by atoms with E-state index in [9.17, 15) is 4.79 Å². The Labute approximate surface area is 134 Å². The zero-order chi connectivity index (χ0) is 14.9. The third-order valence-corrected chi connectivity index (χ3v) is 5.89. The fourth-order valence-corrected chi connectivity index (χ4v) is 4.74. The number of nitrogens with zero attached hydrogens (tertiary/aromatic N) is 3. The maximum absolute atomic E-state index is 12.8. The van der Waals surface area contributed by atoms with Gasteiger partial charge in [0, 0.05) is 42.5 Å². The second kappa shape index (κ2) is 5.80. The van der Waals surface area contributed by atoms with Crippen LogP contribution in [0.15, 0.2) is 24.7 Å². The van der Waals surface area contributed by atoms with Crippen molar-refractivity contribution in [3.8, 4) is 0 Å². The quantitative estimate of drug-likeness (QED) is 0.856. The zero-order valence-electron chi connectivity index (χ0n) is 12.5. The highest BCUT2D eigenvalue weighted by atomic mass is 32.1. The van der Waals surface area contributed by atoms with E-state index in [1.807, 2.05) is 11.1 Å². The van der Waals surface area contributed by atoms with Gasteiger partial charge in [0.25, 0.3) is 5.91 Å². The molecule has 1 fully saturated rings. The van der Waals surface area contributed by atoms with Gasteiger partial charge in [-0.3, -0.25) is 14.8 Å². The fourth-order valence-electron chi connectivity index (χ4n) is 3.51. The van der Waals surface area contributed by atoms with Gasteiger partial charge in [0.15, 0.2) is 0 Å². The molecule has 2 aromatic rings. The molecule has 0 N–H and O–H groups in total. The van der Waals surface area contributed by atoms with Gasteiger partial charge >= 0.3 is 0 Å². The fraction of sp³-hybridized carbons (Fsp3) is 0.471. The normalized spacial score (nSPS) is 20.9. The van der Waals surface area contributed by atoms with Crippen LogP contribution in [0.25, 0.3) is 0 Å². The molecular weight excluding hydrogens is 294 g/mol. The van der Waals surface area contributed by atoms with Crippen LogP contribution in [0.5, 0.6) is 0 Å². The van der Waals surface area contributed by atoms with Gasteiger partial charge in [0.05, 0.1) is 10.6 Å². The number of aromatic nitrogens is 2. The molecule has 0 spiro atoms. The Balaban J connectivity index is 1.50. The first kappa shape index (κ1) is 13.9. The number of thiophene rings is 1. The molecule has 114 valence electrons. The Morgan fingerprint density at radius 2 is 2.23 bits per heavy atom. The van der Waals surface area contributed by atoms with Gasteiger partial charge < -0.3 is 4.90 Å². The number of carbonyl (C=O) groups excluding carboxylic acids is 1. The van der Waals surface area contributed by atoms with Crippen molar-refractivity contribution in [3.05, 3.63) is 45.7 Å². The molecule has 1 aliphatic heterocycles.